The second-order valence-electron chi connectivity index (χ2n) is 5.22. The third kappa shape index (κ3) is 5.19. The zero-order valence-corrected chi connectivity index (χ0v) is 13.6. The normalized spacial score (nSPS) is 10.5. The highest BCUT2D eigenvalue weighted by Crippen LogP contribution is 2.22. The van der Waals surface area contributed by atoms with Crippen molar-refractivity contribution in [3.8, 4) is 11.1 Å². The number of hydrogen-bond donors (Lipinski definition) is 0. The van der Waals surface area contributed by atoms with Gasteiger partial charge in [0.25, 0.3) is 0 Å². The summed E-state index contributed by atoms with van der Waals surface area (Å²) in [4.78, 5) is 11.2. The molecule has 0 bridgehead atoms. The minimum absolute atomic E-state index is 0.0967. The van der Waals surface area contributed by atoms with Crippen molar-refractivity contribution in [1.82, 2.24) is 0 Å². The lowest BCUT2D eigenvalue weighted by molar-refractivity contribution is -0.143. The van der Waals surface area contributed by atoms with Gasteiger partial charge in [0.2, 0.25) is 0 Å². The number of carbonyl (C=O) groups excluding carboxylic acids is 1. The first-order valence-corrected chi connectivity index (χ1v) is 8.07. The summed E-state index contributed by atoms with van der Waals surface area (Å²) in [5.41, 5.74) is 3.65. The Morgan fingerprint density at radius 3 is 2.14 bits per heavy atom. The van der Waals surface area contributed by atoms with Crippen LogP contribution < -0.4 is 0 Å². The number of rotatable bonds is 7. The van der Waals surface area contributed by atoms with E-state index in [-0.39, 0.29) is 5.97 Å². The predicted molar refractivity (Wildman–Crippen MR) is 91.1 cm³/mol. The molecule has 2 aromatic carbocycles. The van der Waals surface area contributed by atoms with Gasteiger partial charge in [0.15, 0.2) is 0 Å². The van der Waals surface area contributed by atoms with E-state index in [2.05, 4.69) is 24.3 Å². The van der Waals surface area contributed by atoms with Crippen LogP contribution in [-0.2, 0) is 16.0 Å². The lowest BCUT2D eigenvalue weighted by Crippen LogP contribution is -2.03. The minimum atomic E-state index is -0.0967. The van der Waals surface area contributed by atoms with Crippen LogP contribution in [0.4, 0.5) is 0 Å². The quantitative estimate of drug-likeness (QED) is 0.513. The minimum Gasteiger partial charge on any atom is -0.466 e. The Morgan fingerprint density at radius 1 is 0.955 bits per heavy atom. The molecule has 22 heavy (non-hydrogen) atoms. The molecule has 2 rings (SSSR count). The molecule has 0 aliphatic carbocycles. The molecule has 2 aromatic rings. The summed E-state index contributed by atoms with van der Waals surface area (Å²) in [7, 11) is 0. The highest BCUT2D eigenvalue weighted by atomic mass is 35.5. The van der Waals surface area contributed by atoms with Gasteiger partial charge in [0, 0.05) is 11.4 Å². The van der Waals surface area contributed by atoms with Crippen LogP contribution in [0.15, 0.2) is 48.5 Å². The summed E-state index contributed by atoms with van der Waals surface area (Å²) in [6.07, 6.45) is 3.37. The van der Waals surface area contributed by atoms with Crippen LogP contribution in [0.2, 0.25) is 5.02 Å². The van der Waals surface area contributed by atoms with Gasteiger partial charge in [-0.25, -0.2) is 0 Å². The highest BCUT2D eigenvalue weighted by Gasteiger charge is 2.02. The van der Waals surface area contributed by atoms with E-state index in [9.17, 15) is 4.79 Å². The van der Waals surface area contributed by atoms with Crippen LogP contribution in [0.1, 0.15) is 31.7 Å². The largest absolute Gasteiger partial charge is 0.466 e. The van der Waals surface area contributed by atoms with Gasteiger partial charge in [-0.15, -0.1) is 0 Å². The van der Waals surface area contributed by atoms with E-state index < -0.39 is 0 Å². The Kier molecular flexibility index (Phi) is 6.47. The number of esters is 1. The molecule has 0 amide bonds. The van der Waals surface area contributed by atoms with Crippen molar-refractivity contribution >= 4 is 17.6 Å². The average molecular weight is 317 g/mol. The molecule has 0 aliphatic rings. The van der Waals surface area contributed by atoms with E-state index in [0.29, 0.717) is 13.0 Å². The third-order valence-electron chi connectivity index (χ3n) is 3.53. The van der Waals surface area contributed by atoms with Crippen molar-refractivity contribution in [2.75, 3.05) is 6.61 Å². The summed E-state index contributed by atoms with van der Waals surface area (Å²) in [6.45, 7) is 2.30. The van der Waals surface area contributed by atoms with E-state index in [1.165, 1.54) is 16.7 Å². The summed E-state index contributed by atoms with van der Waals surface area (Å²) in [5.74, 6) is -0.0967. The Balaban J connectivity index is 1.82. The van der Waals surface area contributed by atoms with Crippen LogP contribution in [-0.4, -0.2) is 12.6 Å². The van der Waals surface area contributed by atoms with E-state index in [1.54, 1.807) is 0 Å². The van der Waals surface area contributed by atoms with Crippen molar-refractivity contribution in [2.45, 2.75) is 32.6 Å². The van der Waals surface area contributed by atoms with Crippen LogP contribution in [0.3, 0.4) is 0 Å². The van der Waals surface area contributed by atoms with E-state index in [1.807, 2.05) is 31.2 Å². The molecular weight excluding hydrogens is 296 g/mol. The summed E-state index contributed by atoms with van der Waals surface area (Å²) in [5, 5.41) is 0.752. The van der Waals surface area contributed by atoms with Crippen molar-refractivity contribution < 1.29 is 9.53 Å². The molecule has 0 saturated carbocycles. The number of halogens is 1. The van der Waals surface area contributed by atoms with Gasteiger partial charge in [-0.2, -0.15) is 0 Å². The molecule has 0 N–H and O–H groups in total. The van der Waals surface area contributed by atoms with Gasteiger partial charge in [-0.1, -0.05) is 48.0 Å². The van der Waals surface area contributed by atoms with Crippen LogP contribution in [0.5, 0.6) is 0 Å². The van der Waals surface area contributed by atoms with Gasteiger partial charge in [0.1, 0.15) is 0 Å². The molecule has 0 fully saturated rings. The number of benzene rings is 2. The zero-order chi connectivity index (χ0) is 15.8. The molecular formula is C19H21ClO2. The smallest absolute Gasteiger partial charge is 0.305 e. The molecule has 0 saturated heterocycles. The molecule has 0 aliphatic heterocycles. The van der Waals surface area contributed by atoms with Gasteiger partial charge in [0.05, 0.1) is 6.61 Å². The summed E-state index contributed by atoms with van der Waals surface area (Å²) in [6, 6.07) is 16.4. The maximum Gasteiger partial charge on any atom is 0.305 e. The molecule has 0 aromatic heterocycles. The zero-order valence-electron chi connectivity index (χ0n) is 12.8. The fraction of sp³-hybridized carbons (Fsp3) is 0.316. The fourth-order valence-corrected chi connectivity index (χ4v) is 2.46. The SMILES string of the molecule is CCOC(=O)CCCCc1ccc(-c2ccc(Cl)cc2)cc1. The number of carbonyl (C=O) groups is 1. The van der Waals surface area contributed by atoms with E-state index >= 15 is 0 Å². The van der Waals surface area contributed by atoms with Gasteiger partial charge in [-0.3, -0.25) is 4.79 Å². The molecule has 3 heteroatoms. The number of aryl methyl sites for hydroxylation is 1. The Morgan fingerprint density at radius 2 is 1.55 bits per heavy atom. The third-order valence-corrected chi connectivity index (χ3v) is 3.79. The Labute approximate surface area is 137 Å². The van der Waals surface area contributed by atoms with Crippen molar-refractivity contribution in [2.24, 2.45) is 0 Å². The number of hydrogen-bond acceptors (Lipinski definition) is 2. The molecule has 0 unspecified atom stereocenters. The van der Waals surface area contributed by atoms with Crippen molar-refractivity contribution in [3.63, 3.8) is 0 Å². The van der Waals surface area contributed by atoms with Gasteiger partial charge < -0.3 is 4.74 Å². The van der Waals surface area contributed by atoms with Crippen LogP contribution >= 0.6 is 11.6 Å². The number of unbranched alkanes of at least 4 members (excludes halogenated alkanes) is 1. The van der Waals surface area contributed by atoms with Gasteiger partial charge >= 0.3 is 5.97 Å². The van der Waals surface area contributed by atoms with Crippen molar-refractivity contribution in [3.05, 3.63) is 59.1 Å². The van der Waals surface area contributed by atoms with E-state index in [4.69, 9.17) is 16.3 Å². The molecule has 2 nitrogen and oxygen atoms in total. The predicted octanol–water partition coefficient (Wildman–Crippen LogP) is 5.28. The maximum absolute atomic E-state index is 11.2. The molecule has 0 radical (unpaired) electrons. The summed E-state index contributed by atoms with van der Waals surface area (Å²) < 4.78 is 4.92. The monoisotopic (exact) mass is 316 g/mol. The topological polar surface area (TPSA) is 26.3 Å². The first-order valence-electron chi connectivity index (χ1n) is 7.69. The lowest BCUT2D eigenvalue weighted by atomic mass is 10.0. The van der Waals surface area contributed by atoms with Crippen LogP contribution in [0, 0.1) is 0 Å². The second kappa shape index (κ2) is 8.60. The van der Waals surface area contributed by atoms with Crippen molar-refractivity contribution in [1.29, 1.82) is 0 Å². The maximum atomic E-state index is 11.2. The Hall–Kier alpha value is -1.80. The average Bonchev–Trinajstić information content (AvgIpc) is 2.53. The molecule has 0 heterocycles. The first kappa shape index (κ1) is 16.6. The van der Waals surface area contributed by atoms with Gasteiger partial charge in [-0.05, 0) is 55.0 Å². The van der Waals surface area contributed by atoms with E-state index in [0.717, 1.165) is 24.3 Å². The standard InChI is InChI=1S/C19H21ClO2/c1-2-22-19(21)6-4-3-5-15-7-9-16(10-8-15)17-11-13-18(20)14-12-17/h7-14H,2-6H2,1H3. The Bertz CT molecular complexity index is 588. The molecule has 0 atom stereocenters. The first-order chi connectivity index (χ1) is 10.7. The highest BCUT2D eigenvalue weighted by molar-refractivity contribution is 6.30. The number of ether oxygens (including phenoxy) is 1. The molecule has 0 spiro atoms. The second-order valence-corrected chi connectivity index (χ2v) is 5.65. The summed E-state index contributed by atoms with van der Waals surface area (Å²) >= 11 is 5.90. The molecule has 116 valence electrons. The van der Waals surface area contributed by atoms with Crippen LogP contribution in [0.25, 0.3) is 11.1 Å². The fourth-order valence-electron chi connectivity index (χ4n) is 2.34. The lowest BCUT2D eigenvalue weighted by Gasteiger charge is -2.05.